The zero-order chi connectivity index (χ0) is 9.47. The van der Waals surface area contributed by atoms with Gasteiger partial charge in [-0.1, -0.05) is 19.9 Å². The lowest BCUT2D eigenvalue weighted by atomic mass is 9.61. The smallest absolute Gasteiger partial charge is 0.0726 e. The van der Waals surface area contributed by atoms with Crippen molar-refractivity contribution < 1.29 is 5.11 Å². The van der Waals surface area contributed by atoms with E-state index in [1.165, 1.54) is 4.88 Å². The molecule has 0 radical (unpaired) electrons. The molecule has 0 bridgehead atoms. The lowest BCUT2D eigenvalue weighted by molar-refractivity contribution is -0.123. The highest BCUT2D eigenvalue weighted by atomic mass is 32.1. The molecule has 3 unspecified atom stereocenters. The van der Waals surface area contributed by atoms with Crippen LogP contribution in [0.4, 0.5) is 0 Å². The van der Waals surface area contributed by atoms with Crippen LogP contribution in [0.25, 0.3) is 0 Å². The van der Waals surface area contributed by atoms with Crippen molar-refractivity contribution in [2.24, 2.45) is 11.8 Å². The average molecular weight is 196 g/mol. The summed E-state index contributed by atoms with van der Waals surface area (Å²) < 4.78 is 0. The lowest BCUT2D eigenvalue weighted by Gasteiger charge is -2.49. The Labute approximate surface area is 83.4 Å². The monoisotopic (exact) mass is 196 g/mol. The van der Waals surface area contributed by atoms with Crippen LogP contribution in [0, 0.1) is 11.8 Å². The standard InChI is InChI=1S/C11H16OS/c1-8-6-11(12,9(8)2)7-10-4-3-5-13-10/h3-5,8-9,12H,6-7H2,1-2H3. The van der Waals surface area contributed by atoms with Crippen LogP contribution in [0.5, 0.6) is 0 Å². The largest absolute Gasteiger partial charge is 0.389 e. The van der Waals surface area contributed by atoms with E-state index in [-0.39, 0.29) is 0 Å². The molecule has 1 aromatic rings. The molecule has 1 aromatic heterocycles. The first-order valence-corrected chi connectivity index (χ1v) is 5.74. The van der Waals surface area contributed by atoms with Gasteiger partial charge < -0.3 is 5.11 Å². The lowest BCUT2D eigenvalue weighted by Crippen LogP contribution is -2.52. The Balaban J connectivity index is 2.03. The van der Waals surface area contributed by atoms with Gasteiger partial charge in [-0.2, -0.15) is 0 Å². The van der Waals surface area contributed by atoms with E-state index < -0.39 is 5.60 Å². The van der Waals surface area contributed by atoms with Crippen LogP contribution in [0.3, 0.4) is 0 Å². The molecule has 1 fully saturated rings. The molecule has 1 aliphatic rings. The summed E-state index contributed by atoms with van der Waals surface area (Å²) in [4.78, 5) is 1.31. The third kappa shape index (κ3) is 1.53. The summed E-state index contributed by atoms with van der Waals surface area (Å²) in [7, 11) is 0. The second-order valence-corrected chi connectivity index (χ2v) is 5.36. The predicted molar refractivity (Wildman–Crippen MR) is 55.9 cm³/mol. The summed E-state index contributed by atoms with van der Waals surface area (Å²) >= 11 is 1.74. The van der Waals surface area contributed by atoms with Crippen molar-refractivity contribution in [3.8, 4) is 0 Å². The Morgan fingerprint density at radius 2 is 2.38 bits per heavy atom. The highest BCUT2D eigenvalue weighted by Gasteiger charge is 2.47. The van der Waals surface area contributed by atoms with Crippen molar-refractivity contribution in [2.45, 2.75) is 32.3 Å². The molecule has 0 aliphatic heterocycles. The Morgan fingerprint density at radius 3 is 2.85 bits per heavy atom. The number of thiophene rings is 1. The van der Waals surface area contributed by atoms with Crippen LogP contribution in [-0.4, -0.2) is 10.7 Å². The number of aliphatic hydroxyl groups is 1. The molecule has 1 saturated carbocycles. The van der Waals surface area contributed by atoms with E-state index in [9.17, 15) is 5.11 Å². The molecular formula is C11H16OS. The Bertz CT molecular complexity index is 280. The van der Waals surface area contributed by atoms with E-state index in [0.717, 1.165) is 12.8 Å². The number of rotatable bonds is 2. The molecular weight excluding hydrogens is 180 g/mol. The molecule has 1 aliphatic carbocycles. The normalized spacial score (nSPS) is 38.7. The van der Waals surface area contributed by atoms with Gasteiger partial charge in [-0.05, 0) is 29.7 Å². The summed E-state index contributed by atoms with van der Waals surface area (Å²) in [5.41, 5.74) is -0.412. The summed E-state index contributed by atoms with van der Waals surface area (Å²) in [5, 5.41) is 12.3. The fourth-order valence-corrected chi connectivity index (χ4v) is 3.06. The van der Waals surface area contributed by atoms with E-state index in [1.807, 2.05) is 0 Å². The van der Waals surface area contributed by atoms with Gasteiger partial charge in [0.15, 0.2) is 0 Å². The molecule has 72 valence electrons. The number of hydrogen-bond donors (Lipinski definition) is 1. The van der Waals surface area contributed by atoms with Crippen LogP contribution >= 0.6 is 11.3 Å². The summed E-state index contributed by atoms with van der Waals surface area (Å²) in [6.07, 6.45) is 1.81. The SMILES string of the molecule is CC1CC(O)(Cc2cccs2)C1C. The highest BCUT2D eigenvalue weighted by Crippen LogP contribution is 2.45. The van der Waals surface area contributed by atoms with Crippen molar-refractivity contribution in [3.63, 3.8) is 0 Å². The maximum atomic E-state index is 10.2. The topological polar surface area (TPSA) is 20.2 Å². The fourth-order valence-electron chi connectivity index (χ4n) is 2.24. The second-order valence-electron chi connectivity index (χ2n) is 4.33. The molecule has 0 spiro atoms. The molecule has 13 heavy (non-hydrogen) atoms. The first-order chi connectivity index (χ1) is 6.12. The second kappa shape index (κ2) is 3.10. The van der Waals surface area contributed by atoms with Crippen LogP contribution in [0.15, 0.2) is 17.5 Å². The van der Waals surface area contributed by atoms with Gasteiger partial charge in [0, 0.05) is 11.3 Å². The van der Waals surface area contributed by atoms with Gasteiger partial charge in [-0.15, -0.1) is 11.3 Å². The van der Waals surface area contributed by atoms with Crippen molar-refractivity contribution in [3.05, 3.63) is 22.4 Å². The maximum Gasteiger partial charge on any atom is 0.0726 e. The first kappa shape index (κ1) is 9.22. The summed E-state index contributed by atoms with van der Waals surface area (Å²) in [6.45, 7) is 4.37. The van der Waals surface area contributed by atoms with Gasteiger partial charge in [0.2, 0.25) is 0 Å². The minimum absolute atomic E-state index is 0.412. The van der Waals surface area contributed by atoms with Gasteiger partial charge in [-0.25, -0.2) is 0 Å². The summed E-state index contributed by atoms with van der Waals surface area (Å²) in [6, 6.07) is 4.16. The average Bonchev–Trinajstić information content (AvgIpc) is 2.56. The molecule has 1 nitrogen and oxygen atoms in total. The molecule has 1 N–H and O–H groups in total. The molecule has 3 atom stereocenters. The maximum absolute atomic E-state index is 10.2. The highest BCUT2D eigenvalue weighted by molar-refractivity contribution is 7.09. The first-order valence-electron chi connectivity index (χ1n) is 4.86. The van der Waals surface area contributed by atoms with Crippen molar-refractivity contribution in [1.82, 2.24) is 0 Å². The Hall–Kier alpha value is -0.340. The minimum atomic E-state index is -0.412. The zero-order valence-corrected chi connectivity index (χ0v) is 8.97. The molecule has 2 heteroatoms. The van der Waals surface area contributed by atoms with Crippen LogP contribution in [0.1, 0.15) is 25.1 Å². The van der Waals surface area contributed by atoms with Gasteiger partial charge in [-0.3, -0.25) is 0 Å². The minimum Gasteiger partial charge on any atom is -0.389 e. The fraction of sp³-hybridized carbons (Fsp3) is 0.636. The van der Waals surface area contributed by atoms with E-state index >= 15 is 0 Å². The molecule has 2 rings (SSSR count). The van der Waals surface area contributed by atoms with Crippen molar-refractivity contribution >= 4 is 11.3 Å². The van der Waals surface area contributed by atoms with E-state index in [4.69, 9.17) is 0 Å². The molecule has 0 amide bonds. The van der Waals surface area contributed by atoms with Gasteiger partial charge in [0.25, 0.3) is 0 Å². The van der Waals surface area contributed by atoms with Gasteiger partial charge in [0.05, 0.1) is 5.60 Å². The molecule has 0 saturated heterocycles. The zero-order valence-electron chi connectivity index (χ0n) is 8.16. The van der Waals surface area contributed by atoms with Crippen LogP contribution < -0.4 is 0 Å². The van der Waals surface area contributed by atoms with Crippen LogP contribution in [0.2, 0.25) is 0 Å². The number of hydrogen-bond acceptors (Lipinski definition) is 2. The Kier molecular flexibility index (Phi) is 2.20. The third-order valence-electron chi connectivity index (χ3n) is 3.44. The molecule has 0 aromatic carbocycles. The molecule has 1 heterocycles. The van der Waals surface area contributed by atoms with E-state index in [0.29, 0.717) is 11.8 Å². The quantitative estimate of drug-likeness (QED) is 0.771. The van der Waals surface area contributed by atoms with Gasteiger partial charge in [0.1, 0.15) is 0 Å². The van der Waals surface area contributed by atoms with E-state index in [1.54, 1.807) is 11.3 Å². The summed E-state index contributed by atoms with van der Waals surface area (Å²) in [5.74, 6) is 1.14. The van der Waals surface area contributed by atoms with Crippen LogP contribution in [-0.2, 0) is 6.42 Å². The van der Waals surface area contributed by atoms with Crippen molar-refractivity contribution in [1.29, 1.82) is 0 Å². The van der Waals surface area contributed by atoms with Crippen molar-refractivity contribution in [2.75, 3.05) is 0 Å². The third-order valence-corrected chi connectivity index (χ3v) is 4.31. The van der Waals surface area contributed by atoms with Gasteiger partial charge >= 0.3 is 0 Å². The predicted octanol–water partition coefficient (Wildman–Crippen LogP) is 2.70. The van der Waals surface area contributed by atoms with E-state index in [2.05, 4.69) is 31.4 Å². The Morgan fingerprint density at radius 1 is 1.62 bits per heavy atom.